The second-order valence-corrected chi connectivity index (χ2v) is 4.54. The highest BCUT2D eigenvalue weighted by Gasteiger charge is 2.13. The lowest BCUT2D eigenvalue weighted by atomic mass is 10.1. The number of hydrogen-bond donors (Lipinski definition) is 2. The minimum absolute atomic E-state index is 0.585. The van der Waals surface area contributed by atoms with Gasteiger partial charge in [0.25, 0.3) is 0 Å². The average molecular weight is 227 g/mol. The summed E-state index contributed by atoms with van der Waals surface area (Å²) in [5.41, 5.74) is 2.27. The van der Waals surface area contributed by atoms with Crippen molar-refractivity contribution in [1.29, 1.82) is 0 Å². The molecule has 2 N–H and O–H groups in total. The lowest BCUT2D eigenvalue weighted by Gasteiger charge is -2.25. The molecule has 2 aromatic rings. The summed E-state index contributed by atoms with van der Waals surface area (Å²) in [5, 5.41) is 8.25. The van der Waals surface area contributed by atoms with Gasteiger partial charge in [-0.3, -0.25) is 4.98 Å². The first kappa shape index (κ1) is 10.5. The lowest BCUT2D eigenvalue weighted by Crippen LogP contribution is -2.35. The molecule has 0 saturated carbocycles. The van der Waals surface area contributed by atoms with E-state index in [4.69, 9.17) is 0 Å². The molecule has 1 fully saturated rings. The smallest absolute Gasteiger partial charge is 0.0722 e. The summed E-state index contributed by atoms with van der Waals surface area (Å²) >= 11 is 0. The highest BCUT2D eigenvalue weighted by atomic mass is 15.0. The lowest BCUT2D eigenvalue weighted by molar-refractivity contribution is 0.479. The normalized spacial score (nSPS) is 17.2. The fourth-order valence-corrected chi connectivity index (χ4v) is 2.42. The molecular formula is C14H17N3. The second-order valence-electron chi connectivity index (χ2n) is 4.54. The van der Waals surface area contributed by atoms with E-state index in [2.05, 4.69) is 39.9 Å². The Labute approximate surface area is 101 Å². The van der Waals surface area contributed by atoms with Crippen molar-refractivity contribution in [3.63, 3.8) is 0 Å². The molecular weight excluding hydrogens is 210 g/mol. The molecule has 0 atom stereocenters. The Morgan fingerprint density at radius 3 is 2.88 bits per heavy atom. The van der Waals surface area contributed by atoms with Crippen LogP contribution in [-0.2, 0) is 0 Å². The molecule has 1 aliphatic rings. The Morgan fingerprint density at radius 2 is 2.00 bits per heavy atom. The van der Waals surface area contributed by atoms with E-state index in [0.29, 0.717) is 6.04 Å². The van der Waals surface area contributed by atoms with Gasteiger partial charge in [-0.1, -0.05) is 6.07 Å². The van der Waals surface area contributed by atoms with E-state index < -0.39 is 0 Å². The zero-order valence-corrected chi connectivity index (χ0v) is 9.82. The van der Waals surface area contributed by atoms with Gasteiger partial charge in [0.2, 0.25) is 0 Å². The first-order valence-electron chi connectivity index (χ1n) is 6.24. The first-order chi connectivity index (χ1) is 8.43. The summed E-state index contributed by atoms with van der Waals surface area (Å²) in [5.74, 6) is 0. The van der Waals surface area contributed by atoms with E-state index in [1.807, 2.05) is 12.3 Å². The van der Waals surface area contributed by atoms with Crippen LogP contribution in [0.25, 0.3) is 10.9 Å². The SMILES string of the molecule is c1cc(NC2CCNCC2)c2cccnc2c1. The Kier molecular flexibility index (Phi) is 2.92. The summed E-state index contributed by atoms with van der Waals surface area (Å²) in [6.07, 6.45) is 4.23. The van der Waals surface area contributed by atoms with Gasteiger partial charge in [-0.05, 0) is 50.2 Å². The van der Waals surface area contributed by atoms with Crippen LogP contribution in [-0.4, -0.2) is 24.1 Å². The van der Waals surface area contributed by atoms with Crippen molar-refractivity contribution in [1.82, 2.24) is 10.3 Å². The largest absolute Gasteiger partial charge is 0.382 e. The number of nitrogens with zero attached hydrogens (tertiary/aromatic N) is 1. The summed E-state index contributed by atoms with van der Waals surface area (Å²) in [7, 11) is 0. The Morgan fingerprint density at radius 1 is 1.12 bits per heavy atom. The average Bonchev–Trinajstić information content (AvgIpc) is 2.40. The molecule has 0 radical (unpaired) electrons. The van der Waals surface area contributed by atoms with E-state index in [1.165, 1.54) is 23.9 Å². The van der Waals surface area contributed by atoms with Crippen molar-refractivity contribution in [2.45, 2.75) is 18.9 Å². The highest BCUT2D eigenvalue weighted by Crippen LogP contribution is 2.23. The highest BCUT2D eigenvalue weighted by molar-refractivity contribution is 5.91. The number of aromatic nitrogens is 1. The van der Waals surface area contributed by atoms with Gasteiger partial charge in [-0.25, -0.2) is 0 Å². The molecule has 1 aromatic carbocycles. The Balaban J connectivity index is 1.89. The van der Waals surface area contributed by atoms with Crippen LogP contribution in [0.2, 0.25) is 0 Å². The van der Waals surface area contributed by atoms with E-state index in [9.17, 15) is 0 Å². The molecule has 3 heteroatoms. The zero-order valence-electron chi connectivity index (χ0n) is 9.82. The predicted molar refractivity (Wildman–Crippen MR) is 71.3 cm³/mol. The molecule has 88 valence electrons. The summed E-state index contributed by atoms with van der Waals surface area (Å²) in [4.78, 5) is 4.38. The van der Waals surface area contributed by atoms with Crippen LogP contribution in [0.3, 0.4) is 0 Å². The monoisotopic (exact) mass is 227 g/mol. The third kappa shape index (κ3) is 2.24. The maximum Gasteiger partial charge on any atom is 0.0722 e. The van der Waals surface area contributed by atoms with Crippen LogP contribution in [0.5, 0.6) is 0 Å². The van der Waals surface area contributed by atoms with E-state index in [1.54, 1.807) is 0 Å². The van der Waals surface area contributed by atoms with Gasteiger partial charge < -0.3 is 10.6 Å². The van der Waals surface area contributed by atoms with Crippen LogP contribution in [0.1, 0.15) is 12.8 Å². The van der Waals surface area contributed by atoms with Gasteiger partial charge in [0, 0.05) is 23.3 Å². The van der Waals surface area contributed by atoms with Crippen molar-refractivity contribution in [3.8, 4) is 0 Å². The van der Waals surface area contributed by atoms with Gasteiger partial charge in [-0.2, -0.15) is 0 Å². The molecule has 3 rings (SSSR count). The van der Waals surface area contributed by atoms with Crippen molar-refractivity contribution in [3.05, 3.63) is 36.5 Å². The number of fused-ring (bicyclic) bond motifs is 1. The third-order valence-electron chi connectivity index (χ3n) is 3.34. The van der Waals surface area contributed by atoms with Crippen LogP contribution in [0.4, 0.5) is 5.69 Å². The maximum atomic E-state index is 4.38. The van der Waals surface area contributed by atoms with Crippen LogP contribution in [0.15, 0.2) is 36.5 Å². The van der Waals surface area contributed by atoms with Crippen molar-refractivity contribution >= 4 is 16.6 Å². The Hall–Kier alpha value is -1.61. The third-order valence-corrected chi connectivity index (χ3v) is 3.34. The minimum atomic E-state index is 0.585. The van der Waals surface area contributed by atoms with Crippen LogP contribution in [0, 0.1) is 0 Å². The topological polar surface area (TPSA) is 37.0 Å². The van der Waals surface area contributed by atoms with Crippen molar-refractivity contribution in [2.75, 3.05) is 18.4 Å². The van der Waals surface area contributed by atoms with Gasteiger partial charge in [0.1, 0.15) is 0 Å². The number of benzene rings is 1. The number of piperidine rings is 1. The van der Waals surface area contributed by atoms with Gasteiger partial charge in [0.05, 0.1) is 5.52 Å². The predicted octanol–water partition coefficient (Wildman–Crippen LogP) is 2.40. The molecule has 0 bridgehead atoms. The number of anilines is 1. The second kappa shape index (κ2) is 4.72. The number of nitrogens with one attached hydrogen (secondary N) is 2. The molecule has 2 heterocycles. The molecule has 17 heavy (non-hydrogen) atoms. The van der Waals surface area contributed by atoms with E-state index >= 15 is 0 Å². The summed E-state index contributed by atoms with van der Waals surface area (Å²) in [6, 6.07) is 11.0. The molecule has 1 saturated heterocycles. The number of rotatable bonds is 2. The number of pyridine rings is 1. The van der Waals surface area contributed by atoms with E-state index in [-0.39, 0.29) is 0 Å². The van der Waals surface area contributed by atoms with Crippen LogP contribution >= 0.6 is 0 Å². The molecule has 1 aromatic heterocycles. The van der Waals surface area contributed by atoms with Crippen LogP contribution < -0.4 is 10.6 Å². The summed E-state index contributed by atoms with van der Waals surface area (Å²) < 4.78 is 0. The molecule has 3 nitrogen and oxygen atoms in total. The van der Waals surface area contributed by atoms with Crippen molar-refractivity contribution in [2.24, 2.45) is 0 Å². The van der Waals surface area contributed by atoms with Gasteiger partial charge in [-0.15, -0.1) is 0 Å². The van der Waals surface area contributed by atoms with Crippen molar-refractivity contribution < 1.29 is 0 Å². The quantitative estimate of drug-likeness (QED) is 0.827. The molecule has 0 spiro atoms. The number of hydrogen-bond acceptors (Lipinski definition) is 3. The van der Waals surface area contributed by atoms with Gasteiger partial charge in [0.15, 0.2) is 0 Å². The van der Waals surface area contributed by atoms with Gasteiger partial charge >= 0.3 is 0 Å². The maximum absolute atomic E-state index is 4.38. The van der Waals surface area contributed by atoms with E-state index in [0.717, 1.165) is 18.6 Å². The summed E-state index contributed by atoms with van der Waals surface area (Å²) in [6.45, 7) is 2.22. The fourth-order valence-electron chi connectivity index (χ4n) is 2.42. The molecule has 0 aliphatic carbocycles. The Bertz CT molecular complexity index is 498. The minimum Gasteiger partial charge on any atom is -0.382 e. The standard InChI is InChI=1S/C14H17N3/c1-4-13-12(3-2-8-16-13)14(5-1)17-11-6-9-15-10-7-11/h1-5,8,11,15,17H,6-7,9-10H2. The zero-order chi connectivity index (χ0) is 11.5. The fraction of sp³-hybridized carbons (Fsp3) is 0.357. The molecule has 1 aliphatic heterocycles. The molecule has 0 unspecified atom stereocenters. The first-order valence-corrected chi connectivity index (χ1v) is 6.24. The molecule has 0 amide bonds.